The van der Waals surface area contributed by atoms with Crippen LogP contribution in [0.25, 0.3) is 0 Å². The van der Waals surface area contributed by atoms with Crippen LogP contribution in [0.2, 0.25) is 10.0 Å². The van der Waals surface area contributed by atoms with E-state index >= 15 is 0 Å². The molecule has 0 amide bonds. The summed E-state index contributed by atoms with van der Waals surface area (Å²) in [5.41, 5.74) is 1.61. The minimum atomic E-state index is 0.400. The average Bonchev–Trinajstić information content (AvgIpc) is 2.52. The van der Waals surface area contributed by atoms with Gasteiger partial charge in [-0.05, 0) is 55.2 Å². The Hall–Kier alpha value is -0.710. The molecular formula is C19H25Cl2N. The molecule has 1 saturated carbocycles. The fourth-order valence-corrected chi connectivity index (χ4v) is 4.17. The predicted molar refractivity (Wildman–Crippen MR) is 94.6 cm³/mol. The van der Waals surface area contributed by atoms with Gasteiger partial charge in [-0.15, -0.1) is 0 Å². The first-order chi connectivity index (χ1) is 10.7. The van der Waals surface area contributed by atoms with E-state index in [-0.39, 0.29) is 0 Å². The molecule has 0 heterocycles. The van der Waals surface area contributed by atoms with Crippen LogP contribution >= 0.6 is 23.2 Å². The molecule has 0 unspecified atom stereocenters. The van der Waals surface area contributed by atoms with Gasteiger partial charge in [-0.25, -0.2) is 0 Å². The van der Waals surface area contributed by atoms with Gasteiger partial charge in [0.1, 0.15) is 6.07 Å². The van der Waals surface area contributed by atoms with E-state index in [1.807, 2.05) is 12.1 Å². The molecule has 120 valence electrons. The Morgan fingerprint density at radius 1 is 1.05 bits per heavy atom. The molecule has 22 heavy (non-hydrogen) atoms. The Kier molecular flexibility index (Phi) is 7.06. The van der Waals surface area contributed by atoms with Crippen molar-refractivity contribution in [3.05, 3.63) is 33.3 Å². The van der Waals surface area contributed by atoms with Gasteiger partial charge in [0, 0.05) is 0 Å². The lowest BCUT2D eigenvalue weighted by molar-refractivity contribution is 0.302. The summed E-state index contributed by atoms with van der Waals surface area (Å²) in [6.07, 6.45) is 11.9. The van der Waals surface area contributed by atoms with E-state index in [4.69, 9.17) is 28.5 Å². The van der Waals surface area contributed by atoms with E-state index in [0.717, 1.165) is 5.92 Å². The lowest BCUT2D eigenvalue weighted by Crippen LogP contribution is -2.13. The molecule has 0 saturated heterocycles. The van der Waals surface area contributed by atoms with Crippen LogP contribution in [0.4, 0.5) is 0 Å². The third-order valence-electron chi connectivity index (χ3n) is 4.96. The number of benzene rings is 1. The van der Waals surface area contributed by atoms with Gasteiger partial charge < -0.3 is 0 Å². The highest BCUT2D eigenvalue weighted by Crippen LogP contribution is 2.40. The zero-order valence-electron chi connectivity index (χ0n) is 13.4. The number of halogens is 2. The average molecular weight is 338 g/mol. The largest absolute Gasteiger partial charge is 0.192 e. The van der Waals surface area contributed by atoms with Gasteiger partial charge in [-0.2, -0.15) is 5.26 Å². The van der Waals surface area contributed by atoms with Crippen LogP contribution in [-0.4, -0.2) is 0 Å². The van der Waals surface area contributed by atoms with Gasteiger partial charge in [-0.3, -0.25) is 0 Å². The quantitative estimate of drug-likeness (QED) is 0.507. The van der Waals surface area contributed by atoms with Gasteiger partial charge in [0.25, 0.3) is 0 Å². The zero-order chi connectivity index (χ0) is 15.9. The maximum Gasteiger partial charge on any atom is 0.102 e. The highest BCUT2D eigenvalue weighted by molar-refractivity contribution is 6.36. The molecule has 2 rings (SSSR count). The van der Waals surface area contributed by atoms with Crippen LogP contribution in [0.5, 0.6) is 0 Å². The predicted octanol–water partition coefficient (Wildman–Crippen LogP) is 7.11. The van der Waals surface area contributed by atoms with Crippen molar-refractivity contribution in [2.24, 2.45) is 5.92 Å². The number of nitriles is 1. The smallest absolute Gasteiger partial charge is 0.102 e. The van der Waals surface area contributed by atoms with Gasteiger partial charge in [0.05, 0.1) is 15.6 Å². The lowest BCUT2D eigenvalue weighted by atomic mass is 9.77. The second-order valence-corrected chi connectivity index (χ2v) is 7.35. The fraction of sp³-hybridized carbons (Fsp3) is 0.632. The molecule has 1 aromatic carbocycles. The minimum Gasteiger partial charge on any atom is -0.192 e. The number of rotatable bonds is 6. The molecule has 1 fully saturated rings. The van der Waals surface area contributed by atoms with Crippen LogP contribution in [0, 0.1) is 17.2 Å². The van der Waals surface area contributed by atoms with E-state index in [2.05, 4.69) is 13.0 Å². The van der Waals surface area contributed by atoms with Crippen LogP contribution in [0.15, 0.2) is 12.1 Å². The lowest BCUT2D eigenvalue weighted by Gasteiger charge is -2.29. The second kappa shape index (κ2) is 8.80. The SMILES string of the molecule is CCCCCCC1CCC(c2cc(Cl)c(C#N)c(Cl)c2)CC1. The molecule has 1 nitrogen and oxygen atoms in total. The number of nitrogens with zero attached hydrogens (tertiary/aromatic N) is 1. The summed E-state index contributed by atoms with van der Waals surface area (Å²) >= 11 is 12.3. The first-order valence-electron chi connectivity index (χ1n) is 8.54. The first-order valence-corrected chi connectivity index (χ1v) is 9.30. The van der Waals surface area contributed by atoms with Crippen LogP contribution in [0.3, 0.4) is 0 Å². The van der Waals surface area contributed by atoms with Crippen molar-refractivity contribution in [3.8, 4) is 6.07 Å². The molecule has 1 aliphatic carbocycles. The summed E-state index contributed by atoms with van der Waals surface area (Å²) in [6.45, 7) is 2.26. The summed E-state index contributed by atoms with van der Waals surface area (Å²) in [6, 6.07) is 5.96. The molecule has 0 spiro atoms. The van der Waals surface area contributed by atoms with Gasteiger partial charge >= 0.3 is 0 Å². The highest BCUT2D eigenvalue weighted by Gasteiger charge is 2.23. The van der Waals surface area contributed by atoms with Gasteiger partial charge in [0.2, 0.25) is 0 Å². The Bertz CT molecular complexity index is 502. The van der Waals surface area contributed by atoms with Crippen molar-refractivity contribution >= 4 is 23.2 Å². The Labute approximate surface area is 144 Å². The Morgan fingerprint density at radius 2 is 1.68 bits per heavy atom. The number of hydrogen-bond donors (Lipinski definition) is 0. The van der Waals surface area contributed by atoms with E-state index in [1.165, 1.54) is 63.4 Å². The first kappa shape index (κ1) is 17.6. The third-order valence-corrected chi connectivity index (χ3v) is 5.56. The third kappa shape index (κ3) is 4.64. The van der Waals surface area contributed by atoms with Crippen molar-refractivity contribution in [1.82, 2.24) is 0 Å². The van der Waals surface area contributed by atoms with E-state index < -0.39 is 0 Å². The molecule has 0 aliphatic heterocycles. The molecular weight excluding hydrogens is 313 g/mol. The normalized spacial score (nSPS) is 21.5. The standard InChI is InChI=1S/C19H25Cl2N/c1-2-3-4-5-6-14-7-9-15(10-8-14)16-11-18(20)17(13-22)19(21)12-16/h11-12,14-15H,2-10H2,1H3. The molecule has 1 aliphatic rings. The topological polar surface area (TPSA) is 23.8 Å². The summed E-state index contributed by atoms with van der Waals surface area (Å²) < 4.78 is 0. The summed E-state index contributed by atoms with van der Waals surface area (Å²) in [4.78, 5) is 0. The molecule has 0 bridgehead atoms. The molecule has 0 atom stereocenters. The van der Waals surface area contributed by atoms with Crippen LogP contribution in [0.1, 0.15) is 81.8 Å². The Morgan fingerprint density at radius 3 is 2.23 bits per heavy atom. The van der Waals surface area contributed by atoms with Crippen LogP contribution in [-0.2, 0) is 0 Å². The van der Waals surface area contributed by atoms with E-state index in [0.29, 0.717) is 21.5 Å². The Balaban J connectivity index is 1.88. The van der Waals surface area contributed by atoms with Crippen molar-refractivity contribution < 1.29 is 0 Å². The summed E-state index contributed by atoms with van der Waals surface area (Å²) in [5.74, 6) is 1.45. The molecule has 3 heteroatoms. The summed E-state index contributed by atoms with van der Waals surface area (Å²) in [5, 5.41) is 10.0. The van der Waals surface area contributed by atoms with E-state index in [9.17, 15) is 0 Å². The van der Waals surface area contributed by atoms with Gasteiger partial charge in [0.15, 0.2) is 0 Å². The molecule has 0 aromatic heterocycles. The summed E-state index contributed by atoms with van der Waals surface area (Å²) in [7, 11) is 0. The molecule has 0 N–H and O–H groups in total. The van der Waals surface area contributed by atoms with Crippen LogP contribution < -0.4 is 0 Å². The maximum absolute atomic E-state index is 9.04. The number of unbranched alkanes of at least 4 members (excludes halogenated alkanes) is 3. The van der Waals surface area contributed by atoms with Crippen molar-refractivity contribution in [3.63, 3.8) is 0 Å². The number of hydrogen-bond acceptors (Lipinski definition) is 1. The fourth-order valence-electron chi connectivity index (χ4n) is 3.58. The van der Waals surface area contributed by atoms with Crippen molar-refractivity contribution in [2.45, 2.75) is 70.6 Å². The van der Waals surface area contributed by atoms with Crippen molar-refractivity contribution in [2.75, 3.05) is 0 Å². The van der Waals surface area contributed by atoms with E-state index in [1.54, 1.807) is 0 Å². The maximum atomic E-state index is 9.04. The van der Waals surface area contributed by atoms with Gasteiger partial charge in [-0.1, -0.05) is 62.2 Å². The highest BCUT2D eigenvalue weighted by atomic mass is 35.5. The minimum absolute atomic E-state index is 0.400. The monoisotopic (exact) mass is 337 g/mol. The van der Waals surface area contributed by atoms with Crippen molar-refractivity contribution in [1.29, 1.82) is 5.26 Å². The molecule has 0 radical (unpaired) electrons. The second-order valence-electron chi connectivity index (χ2n) is 6.54. The molecule has 1 aromatic rings. The zero-order valence-corrected chi connectivity index (χ0v) is 14.9.